The minimum absolute atomic E-state index is 0.542. The molecule has 0 aromatic carbocycles. The van der Waals surface area contributed by atoms with Crippen molar-refractivity contribution in [2.24, 2.45) is 0 Å². The van der Waals surface area contributed by atoms with Gasteiger partial charge in [-0.05, 0) is 40.3 Å². The first kappa shape index (κ1) is 16.7. The monoisotopic (exact) mass is 310 g/mol. The summed E-state index contributed by atoms with van der Waals surface area (Å²) < 4.78 is 0. The van der Waals surface area contributed by atoms with Gasteiger partial charge in [0.25, 0.3) is 0 Å². The zero-order chi connectivity index (χ0) is 15.6. The molecule has 2 heterocycles. The molecule has 1 aliphatic heterocycles. The maximum atomic E-state index is 5.00. The lowest BCUT2D eigenvalue weighted by molar-refractivity contribution is 0.170. The zero-order valence-electron chi connectivity index (χ0n) is 14.3. The molecule has 1 aromatic heterocycles. The van der Waals surface area contributed by atoms with Crippen LogP contribution in [0.1, 0.15) is 50.6 Å². The number of piperazine rings is 1. The van der Waals surface area contributed by atoms with E-state index >= 15 is 0 Å². The maximum Gasteiger partial charge on any atom is 0.185 e. The Balaban J connectivity index is 2.23. The molecule has 1 aromatic rings. The van der Waals surface area contributed by atoms with E-state index in [1.807, 2.05) is 18.4 Å². The van der Waals surface area contributed by atoms with Crippen molar-refractivity contribution in [2.75, 3.05) is 32.1 Å². The Morgan fingerprint density at radius 2 is 1.95 bits per heavy atom. The fourth-order valence-electron chi connectivity index (χ4n) is 2.91. The molecule has 4 nitrogen and oxygen atoms in total. The average molecular weight is 311 g/mol. The second-order valence-electron chi connectivity index (χ2n) is 6.41. The van der Waals surface area contributed by atoms with Crippen molar-refractivity contribution in [2.45, 2.75) is 58.7 Å². The molecule has 1 aliphatic rings. The fourth-order valence-corrected chi connectivity index (χ4v) is 4.12. The fraction of sp³-hybridized carbons (Fsp3) is 0.812. The van der Waals surface area contributed by atoms with Crippen molar-refractivity contribution in [1.29, 1.82) is 0 Å². The molecule has 21 heavy (non-hydrogen) atoms. The van der Waals surface area contributed by atoms with E-state index in [1.54, 1.807) is 0 Å². The standard InChI is InChI=1S/C16H30N4S/c1-7-11(2)15-14(8-17-5)21-16(18-15)20-9-12(3)19(6)13(4)10-20/h11-13,17H,7-10H2,1-6H3. The number of anilines is 1. The van der Waals surface area contributed by atoms with Crippen molar-refractivity contribution in [3.63, 3.8) is 0 Å². The Hall–Kier alpha value is -0.650. The molecule has 2 rings (SSSR count). The molecular formula is C16H30N4S. The highest BCUT2D eigenvalue weighted by Gasteiger charge is 2.29. The van der Waals surface area contributed by atoms with E-state index in [9.17, 15) is 0 Å². The molecular weight excluding hydrogens is 280 g/mol. The highest BCUT2D eigenvalue weighted by molar-refractivity contribution is 7.15. The van der Waals surface area contributed by atoms with E-state index in [1.165, 1.54) is 15.7 Å². The summed E-state index contributed by atoms with van der Waals surface area (Å²) >= 11 is 1.87. The van der Waals surface area contributed by atoms with Crippen LogP contribution in [0, 0.1) is 0 Å². The molecule has 0 aliphatic carbocycles. The topological polar surface area (TPSA) is 31.4 Å². The Kier molecular flexibility index (Phi) is 5.63. The number of hydrogen-bond acceptors (Lipinski definition) is 5. The lowest BCUT2D eigenvalue weighted by Crippen LogP contribution is -2.55. The normalized spacial score (nSPS) is 25.3. The molecule has 120 valence electrons. The molecule has 5 heteroatoms. The number of thiazole rings is 1. The Labute approximate surface area is 133 Å². The van der Waals surface area contributed by atoms with Gasteiger partial charge in [-0.1, -0.05) is 13.8 Å². The first-order chi connectivity index (χ1) is 9.97. The van der Waals surface area contributed by atoms with Gasteiger partial charge in [-0.2, -0.15) is 0 Å². The van der Waals surface area contributed by atoms with Crippen LogP contribution in [0.15, 0.2) is 0 Å². The predicted molar refractivity (Wildman–Crippen MR) is 92.5 cm³/mol. The minimum atomic E-state index is 0.542. The Morgan fingerprint density at radius 1 is 1.33 bits per heavy atom. The van der Waals surface area contributed by atoms with Crippen LogP contribution >= 0.6 is 11.3 Å². The summed E-state index contributed by atoms with van der Waals surface area (Å²) in [7, 11) is 4.24. The highest BCUT2D eigenvalue weighted by Crippen LogP contribution is 2.33. The minimum Gasteiger partial charge on any atom is -0.345 e. The van der Waals surface area contributed by atoms with Crippen LogP contribution in [-0.4, -0.2) is 49.2 Å². The van der Waals surface area contributed by atoms with Gasteiger partial charge < -0.3 is 10.2 Å². The van der Waals surface area contributed by atoms with Gasteiger partial charge in [0.05, 0.1) is 5.69 Å². The molecule has 0 amide bonds. The molecule has 1 N–H and O–H groups in total. The van der Waals surface area contributed by atoms with Gasteiger partial charge in [-0.25, -0.2) is 4.98 Å². The van der Waals surface area contributed by atoms with Gasteiger partial charge in [-0.3, -0.25) is 4.90 Å². The van der Waals surface area contributed by atoms with Crippen LogP contribution in [0.4, 0.5) is 5.13 Å². The number of likely N-dealkylation sites (N-methyl/N-ethyl adjacent to an activating group) is 1. The molecule has 0 saturated carbocycles. The number of nitrogens with zero attached hydrogens (tertiary/aromatic N) is 3. The smallest absolute Gasteiger partial charge is 0.185 e. The van der Waals surface area contributed by atoms with Crippen LogP contribution < -0.4 is 10.2 Å². The van der Waals surface area contributed by atoms with E-state index < -0.39 is 0 Å². The van der Waals surface area contributed by atoms with Gasteiger partial charge >= 0.3 is 0 Å². The summed E-state index contributed by atoms with van der Waals surface area (Å²) in [4.78, 5) is 11.4. The molecule has 0 bridgehead atoms. The Bertz CT molecular complexity index is 447. The summed E-state index contributed by atoms with van der Waals surface area (Å²) in [5.41, 5.74) is 1.30. The van der Waals surface area contributed by atoms with Gasteiger partial charge in [0.15, 0.2) is 5.13 Å². The summed E-state index contributed by atoms with van der Waals surface area (Å²) in [6.07, 6.45) is 1.15. The van der Waals surface area contributed by atoms with Crippen molar-refractivity contribution in [3.8, 4) is 0 Å². The van der Waals surface area contributed by atoms with E-state index in [2.05, 4.69) is 49.9 Å². The summed E-state index contributed by atoms with van der Waals surface area (Å²) in [5, 5.41) is 4.50. The summed E-state index contributed by atoms with van der Waals surface area (Å²) in [6.45, 7) is 12.2. The van der Waals surface area contributed by atoms with Crippen LogP contribution in [0.5, 0.6) is 0 Å². The predicted octanol–water partition coefficient (Wildman–Crippen LogP) is 2.90. The molecule has 0 radical (unpaired) electrons. The van der Waals surface area contributed by atoms with Crippen molar-refractivity contribution >= 4 is 16.5 Å². The van der Waals surface area contributed by atoms with Gasteiger partial charge in [0.2, 0.25) is 0 Å². The van der Waals surface area contributed by atoms with E-state index in [0.29, 0.717) is 18.0 Å². The number of rotatable bonds is 5. The highest BCUT2D eigenvalue weighted by atomic mass is 32.1. The second kappa shape index (κ2) is 7.07. The van der Waals surface area contributed by atoms with Gasteiger partial charge in [-0.15, -0.1) is 11.3 Å². The third-order valence-corrected chi connectivity index (χ3v) is 5.89. The maximum absolute atomic E-state index is 5.00. The van der Waals surface area contributed by atoms with Crippen molar-refractivity contribution in [1.82, 2.24) is 15.2 Å². The van der Waals surface area contributed by atoms with Crippen molar-refractivity contribution in [3.05, 3.63) is 10.6 Å². The molecule has 3 atom stereocenters. The summed E-state index contributed by atoms with van der Waals surface area (Å²) in [6, 6.07) is 1.16. The number of nitrogens with one attached hydrogen (secondary N) is 1. The van der Waals surface area contributed by atoms with Crippen LogP contribution in [0.3, 0.4) is 0 Å². The van der Waals surface area contributed by atoms with E-state index in [0.717, 1.165) is 26.1 Å². The third kappa shape index (κ3) is 3.58. The lowest BCUT2D eigenvalue weighted by Gasteiger charge is -2.42. The average Bonchev–Trinajstić information content (AvgIpc) is 2.88. The SMILES string of the molecule is CCC(C)c1nc(N2CC(C)N(C)C(C)C2)sc1CNC. The quantitative estimate of drug-likeness (QED) is 0.906. The van der Waals surface area contributed by atoms with Crippen molar-refractivity contribution < 1.29 is 0 Å². The first-order valence-electron chi connectivity index (χ1n) is 8.08. The number of aromatic nitrogens is 1. The van der Waals surface area contributed by atoms with E-state index in [-0.39, 0.29) is 0 Å². The lowest BCUT2D eigenvalue weighted by atomic mass is 10.0. The van der Waals surface area contributed by atoms with Crippen LogP contribution in [0.25, 0.3) is 0 Å². The van der Waals surface area contributed by atoms with Gasteiger partial charge in [0.1, 0.15) is 0 Å². The summed E-state index contributed by atoms with van der Waals surface area (Å²) in [5.74, 6) is 0.542. The molecule has 0 spiro atoms. The third-order valence-electron chi connectivity index (χ3n) is 4.76. The van der Waals surface area contributed by atoms with Crippen LogP contribution in [0.2, 0.25) is 0 Å². The van der Waals surface area contributed by atoms with Crippen LogP contribution in [-0.2, 0) is 6.54 Å². The number of hydrogen-bond donors (Lipinski definition) is 1. The second-order valence-corrected chi connectivity index (χ2v) is 7.48. The first-order valence-corrected chi connectivity index (χ1v) is 8.90. The molecule has 3 unspecified atom stereocenters. The largest absolute Gasteiger partial charge is 0.345 e. The van der Waals surface area contributed by atoms with Gasteiger partial charge in [0, 0.05) is 36.6 Å². The Morgan fingerprint density at radius 3 is 2.48 bits per heavy atom. The zero-order valence-corrected chi connectivity index (χ0v) is 15.1. The molecule has 1 saturated heterocycles. The molecule has 1 fully saturated rings. The van der Waals surface area contributed by atoms with E-state index in [4.69, 9.17) is 4.98 Å².